The standard InChI is InChI=1S/C14H22N2O4/c1-6-9(2)16(8-12(17)18)13(19)10-7-11(20-15-10)14(3,4)5/h7,9H,6,8H2,1-5H3,(H,17,18). The van der Waals surface area contributed by atoms with Crippen molar-refractivity contribution in [1.29, 1.82) is 0 Å². The van der Waals surface area contributed by atoms with Gasteiger partial charge in [0.1, 0.15) is 12.3 Å². The molecule has 1 N–H and O–H groups in total. The van der Waals surface area contributed by atoms with Crippen LogP contribution in [0.5, 0.6) is 0 Å². The van der Waals surface area contributed by atoms with Crippen LogP contribution in [-0.2, 0) is 10.2 Å². The van der Waals surface area contributed by atoms with Crippen LogP contribution in [0.3, 0.4) is 0 Å². The Balaban J connectivity index is 3.00. The molecule has 0 aliphatic heterocycles. The van der Waals surface area contributed by atoms with Crippen molar-refractivity contribution in [3.63, 3.8) is 0 Å². The molecule has 0 fully saturated rings. The van der Waals surface area contributed by atoms with Crippen LogP contribution < -0.4 is 0 Å². The number of carboxylic acid groups (broad SMARTS) is 1. The van der Waals surface area contributed by atoms with Crippen molar-refractivity contribution in [2.24, 2.45) is 0 Å². The number of aliphatic carboxylic acids is 1. The Morgan fingerprint density at radius 1 is 1.45 bits per heavy atom. The van der Waals surface area contributed by atoms with Gasteiger partial charge in [-0.1, -0.05) is 32.9 Å². The largest absolute Gasteiger partial charge is 0.480 e. The van der Waals surface area contributed by atoms with Gasteiger partial charge in [-0.05, 0) is 13.3 Å². The highest BCUT2D eigenvalue weighted by atomic mass is 16.5. The average Bonchev–Trinajstić information content (AvgIpc) is 2.83. The van der Waals surface area contributed by atoms with Gasteiger partial charge in [0.2, 0.25) is 0 Å². The first-order chi connectivity index (χ1) is 9.16. The Kier molecular flexibility index (Phi) is 4.92. The minimum atomic E-state index is -1.04. The first kappa shape index (κ1) is 16.2. The summed E-state index contributed by atoms with van der Waals surface area (Å²) >= 11 is 0. The smallest absolute Gasteiger partial charge is 0.323 e. The van der Waals surface area contributed by atoms with Gasteiger partial charge in [-0.3, -0.25) is 9.59 Å². The molecule has 1 unspecified atom stereocenters. The molecule has 0 saturated heterocycles. The van der Waals surface area contributed by atoms with Crippen LogP contribution in [0.25, 0.3) is 0 Å². The number of carbonyl (C=O) groups excluding carboxylic acids is 1. The Hall–Kier alpha value is -1.85. The van der Waals surface area contributed by atoms with Crippen LogP contribution >= 0.6 is 0 Å². The summed E-state index contributed by atoms with van der Waals surface area (Å²) < 4.78 is 5.17. The first-order valence-electron chi connectivity index (χ1n) is 6.66. The molecule has 1 amide bonds. The second kappa shape index (κ2) is 6.07. The molecule has 6 nitrogen and oxygen atoms in total. The van der Waals surface area contributed by atoms with E-state index in [1.165, 1.54) is 4.90 Å². The fraction of sp³-hybridized carbons (Fsp3) is 0.643. The van der Waals surface area contributed by atoms with Gasteiger partial charge in [0.15, 0.2) is 5.69 Å². The molecule has 1 heterocycles. The maximum Gasteiger partial charge on any atom is 0.323 e. The number of carboxylic acids is 1. The number of hydrogen-bond acceptors (Lipinski definition) is 4. The Bertz CT molecular complexity index is 488. The molecule has 0 radical (unpaired) electrons. The van der Waals surface area contributed by atoms with E-state index in [-0.39, 0.29) is 23.7 Å². The molecule has 1 aromatic rings. The molecular formula is C14H22N2O4. The average molecular weight is 282 g/mol. The van der Waals surface area contributed by atoms with E-state index in [2.05, 4.69) is 5.16 Å². The van der Waals surface area contributed by atoms with E-state index in [0.717, 1.165) is 0 Å². The number of rotatable bonds is 5. The number of aromatic nitrogens is 1. The van der Waals surface area contributed by atoms with Gasteiger partial charge >= 0.3 is 5.97 Å². The monoisotopic (exact) mass is 282 g/mol. The maximum atomic E-state index is 12.4. The van der Waals surface area contributed by atoms with Gasteiger partial charge in [-0.25, -0.2) is 0 Å². The molecule has 1 atom stereocenters. The topological polar surface area (TPSA) is 83.6 Å². The second-order valence-electron chi connectivity index (χ2n) is 5.91. The molecule has 112 valence electrons. The molecular weight excluding hydrogens is 260 g/mol. The normalized spacial score (nSPS) is 13.1. The van der Waals surface area contributed by atoms with Crippen molar-refractivity contribution in [2.75, 3.05) is 6.54 Å². The number of amides is 1. The number of nitrogens with zero attached hydrogens (tertiary/aromatic N) is 2. The Morgan fingerprint density at radius 2 is 2.05 bits per heavy atom. The van der Waals surface area contributed by atoms with Gasteiger partial charge in [0, 0.05) is 17.5 Å². The van der Waals surface area contributed by atoms with Crippen LogP contribution in [0.2, 0.25) is 0 Å². The van der Waals surface area contributed by atoms with Crippen molar-refractivity contribution in [3.8, 4) is 0 Å². The van der Waals surface area contributed by atoms with Crippen molar-refractivity contribution >= 4 is 11.9 Å². The molecule has 6 heteroatoms. The molecule has 0 aromatic carbocycles. The summed E-state index contributed by atoms with van der Waals surface area (Å²) in [6.07, 6.45) is 0.670. The highest BCUT2D eigenvalue weighted by Gasteiger charge is 2.28. The summed E-state index contributed by atoms with van der Waals surface area (Å²) in [6, 6.07) is 1.41. The SMILES string of the molecule is CCC(C)N(CC(=O)O)C(=O)c1cc(C(C)(C)C)on1. The third-order valence-corrected chi connectivity index (χ3v) is 3.16. The lowest BCUT2D eigenvalue weighted by atomic mass is 9.93. The van der Waals surface area contributed by atoms with Crippen LogP contribution in [0.15, 0.2) is 10.6 Å². The zero-order chi connectivity index (χ0) is 15.5. The summed E-state index contributed by atoms with van der Waals surface area (Å²) in [5, 5.41) is 12.7. The minimum Gasteiger partial charge on any atom is -0.480 e. The van der Waals surface area contributed by atoms with Crippen molar-refractivity contribution in [2.45, 2.75) is 52.5 Å². The van der Waals surface area contributed by atoms with Crippen molar-refractivity contribution in [3.05, 3.63) is 17.5 Å². The van der Waals surface area contributed by atoms with Gasteiger partial charge in [-0.2, -0.15) is 0 Å². The van der Waals surface area contributed by atoms with Crippen molar-refractivity contribution < 1.29 is 19.2 Å². The zero-order valence-electron chi connectivity index (χ0n) is 12.6. The van der Waals surface area contributed by atoms with Crippen LogP contribution in [0.4, 0.5) is 0 Å². The molecule has 0 spiro atoms. The lowest BCUT2D eigenvalue weighted by Gasteiger charge is -2.25. The summed E-state index contributed by atoms with van der Waals surface area (Å²) in [6.45, 7) is 9.22. The second-order valence-corrected chi connectivity index (χ2v) is 5.91. The predicted molar refractivity (Wildman–Crippen MR) is 73.6 cm³/mol. The Labute approximate surface area is 118 Å². The lowest BCUT2D eigenvalue weighted by molar-refractivity contribution is -0.138. The van der Waals surface area contributed by atoms with Gasteiger partial charge in [-0.15, -0.1) is 0 Å². The number of carbonyl (C=O) groups is 2. The fourth-order valence-corrected chi connectivity index (χ4v) is 1.67. The molecule has 0 aliphatic carbocycles. The summed E-state index contributed by atoms with van der Waals surface area (Å²) in [7, 11) is 0. The molecule has 1 rings (SSSR count). The zero-order valence-corrected chi connectivity index (χ0v) is 12.6. The highest BCUT2D eigenvalue weighted by molar-refractivity contribution is 5.94. The van der Waals surface area contributed by atoms with E-state index in [4.69, 9.17) is 9.63 Å². The number of hydrogen-bond donors (Lipinski definition) is 1. The first-order valence-corrected chi connectivity index (χ1v) is 6.66. The quantitative estimate of drug-likeness (QED) is 0.895. The summed E-state index contributed by atoms with van der Waals surface area (Å²) in [5.41, 5.74) is -0.101. The third kappa shape index (κ3) is 3.82. The molecule has 0 bridgehead atoms. The molecule has 20 heavy (non-hydrogen) atoms. The lowest BCUT2D eigenvalue weighted by Crippen LogP contribution is -2.42. The van der Waals surface area contributed by atoms with Crippen molar-refractivity contribution in [1.82, 2.24) is 10.1 Å². The maximum absolute atomic E-state index is 12.4. The van der Waals surface area contributed by atoms with E-state index >= 15 is 0 Å². The highest BCUT2D eigenvalue weighted by Crippen LogP contribution is 2.23. The van der Waals surface area contributed by atoms with E-state index in [1.807, 2.05) is 34.6 Å². The van der Waals surface area contributed by atoms with Crippen LogP contribution in [0.1, 0.15) is 57.3 Å². The van der Waals surface area contributed by atoms with E-state index in [9.17, 15) is 9.59 Å². The molecule has 0 saturated carbocycles. The van der Waals surface area contributed by atoms with Gasteiger partial charge < -0.3 is 14.5 Å². The predicted octanol–water partition coefficient (Wildman–Crippen LogP) is 2.30. The summed E-state index contributed by atoms with van der Waals surface area (Å²) in [5.74, 6) is -0.862. The van der Waals surface area contributed by atoms with Crippen LogP contribution in [-0.4, -0.2) is 39.6 Å². The van der Waals surface area contributed by atoms with Crippen LogP contribution in [0, 0.1) is 0 Å². The minimum absolute atomic E-state index is 0.150. The molecule has 0 aliphatic rings. The third-order valence-electron chi connectivity index (χ3n) is 3.16. The fourth-order valence-electron chi connectivity index (χ4n) is 1.67. The summed E-state index contributed by atoms with van der Waals surface area (Å²) in [4.78, 5) is 24.6. The Morgan fingerprint density at radius 3 is 2.45 bits per heavy atom. The van der Waals surface area contributed by atoms with Gasteiger partial charge in [0.25, 0.3) is 5.91 Å². The van der Waals surface area contributed by atoms with E-state index < -0.39 is 11.9 Å². The van der Waals surface area contributed by atoms with E-state index in [1.54, 1.807) is 6.07 Å². The molecule has 1 aromatic heterocycles. The van der Waals surface area contributed by atoms with Gasteiger partial charge in [0.05, 0.1) is 0 Å². The van der Waals surface area contributed by atoms with E-state index in [0.29, 0.717) is 12.2 Å².